The second kappa shape index (κ2) is 4.67. The molecule has 1 aliphatic rings. The fourth-order valence-corrected chi connectivity index (χ4v) is 1.92. The zero-order valence-corrected chi connectivity index (χ0v) is 9.45. The molecule has 1 saturated heterocycles. The number of ether oxygens (including phenoxy) is 2. The van der Waals surface area contributed by atoms with Crippen LogP contribution in [0.25, 0.3) is 0 Å². The Kier molecular flexibility index (Phi) is 3.27. The van der Waals surface area contributed by atoms with Crippen LogP contribution in [0.3, 0.4) is 0 Å². The second-order valence-electron chi connectivity index (χ2n) is 4.23. The molecule has 1 fully saturated rings. The van der Waals surface area contributed by atoms with Crippen LogP contribution in [0.15, 0.2) is 18.2 Å². The molecule has 0 amide bonds. The molecule has 0 bridgehead atoms. The van der Waals surface area contributed by atoms with Crippen molar-refractivity contribution in [2.75, 3.05) is 13.2 Å². The lowest BCUT2D eigenvalue weighted by atomic mass is 10.1. The molecule has 0 spiro atoms. The first-order valence-electron chi connectivity index (χ1n) is 5.57. The van der Waals surface area contributed by atoms with Gasteiger partial charge in [-0.15, -0.1) is 0 Å². The fourth-order valence-electron chi connectivity index (χ4n) is 1.92. The van der Waals surface area contributed by atoms with Gasteiger partial charge in [-0.05, 0) is 38.3 Å². The summed E-state index contributed by atoms with van der Waals surface area (Å²) in [4.78, 5) is 0. The van der Waals surface area contributed by atoms with Gasteiger partial charge in [-0.25, -0.2) is 0 Å². The van der Waals surface area contributed by atoms with E-state index in [1.807, 2.05) is 0 Å². The van der Waals surface area contributed by atoms with Crippen LogP contribution in [-0.4, -0.2) is 19.3 Å². The maximum atomic E-state index is 5.92. The van der Waals surface area contributed by atoms with Gasteiger partial charge in [-0.2, -0.15) is 0 Å². The first-order chi connectivity index (χ1) is 7.25. The molecule has 0 radical (unpaired) electrons. The molecule has 1 heterocycles. The summed E-state index contributed by atoms with van der Waals surface area (Å²) in [6, 6.07) is 6.30. The molecule has 2 heteroatoms. The van der Waals surface area contributed by atoms with Crippen molar-refractivity contribution in [1.82, 2.24) is 0 Å². The van der Waals surface area contributed by atoms with Gasteiger partial charge in [0.15, 0.2) is 0 Å². The topological polar surface area (TPSA) is 18.5 Å². The molecule has 2 nitrogen and oxygen atoms in total. The molecular formula is C13H18O2. The Hall–Kier alpha value is -1.02. The average Bonchev–Trinajstić information content (AvgIpc) is 2.24. The maximum absolute atomic E-state index is 5.92. The van der Waals surface area contributed by atoms with E-state index in [0.29, 0.717) is 0 Å². The van der Waals surface area contributed by atoms with E-state index < -0.39 is 0 Å². The normalized spacial score (nSPS) is 21.3. The van der Waals surface area contributed by atoms with E-state index in [1.54, 1.807) is 0 Å². The number of benzene rings is 1. The van der Waals surface area contributed by atoms with Gasteiger partial charge in [-0.3, -0.25) is 0 Å². The highest BCUT2D eigenvalue weighted by atomic mass is 16.5. The minimum atomic E-state index is 0.236. The van der Waals surface area contributed by atoms with E-state index in [2.05, 4.69) is 32.0 Å². The zero-order chi connectivity index (χ0) is 10.7. The third-order valence-corrected chi connectivity index (χ3v) is 2.74. The monoisotopic (exact) mass is 206 g/mol. The lowest BCUT2D eigenvalue weighted by molar-refractivity contribution is 0.00715. The van der Waals surface area contributed by atoms with Gasteiger partial charge in [0.05, 0.1) is 6.61 Å². The van der Waals surface area contributed by atoms with Crippen molar-refractivity contribution in [1.29, 1.82) is 0 Å². The average molecular weight is 206 g/mol. The first-order valence-corrected chi connectivity index (χ1v) is 5.57. The van der Waals surface area contributed by atoms with Crippen molar-refractivity contribution >= 4 is 0 Å². The van der Waals surface area contributed by atoms with Gasteiger partial charge in [0.2, 0.25) is 0 Å². The van der Waals surface area contributed by atoms with Gasteiger partial charge < -0.3 is 9.47 Å². The summed E-state index contributed by atoms with van der Waals surface area (Å²) in [6.45, 7) is 5.80. The van der Waals surface area contributed by atoms with Crippen LogP contribution >= 0.6 is 0 Å². The van der Waals surface area contributed by atoms with Crippen LogP contribution in [0.2, 0.25) is 0 Å². The molecular weight excluding hydrogens is 188 g/mol. The van der Waals surface area contributed by atoms with Gasteiger partial charge in [0.25, 0.3) is 0 Å². The smallest absolute Gasteiger partial charge is 0.122 e. The molecule has 0 N–H and O–H groups in total. The molecule has 2 rings (SSSR count). The third kappa shape index (κ3) is 2.72. The van der Waals surface area contributed by atoms with Crippen molar-refractivity contribution < 1.29 is 9.47 Å². The van der Waals surface area contributed by atoms with Crippen molar-refractivity contribution in [3.63, 3.8) is 0 Å². The van der Waals surface area contributed by atoms with Crippen molar-refractivity contribution in [3.8, 4) is 5.75 Å². The fraction of sp³-hybridized carbons (Fsp3) is 0.538. The van der Waals surface area contributed by atoms with Crippen LogP contribution in [0.4, 0.5) is 0 Å². The van der Waals surface area contributed by atoms with E-state index in [-0.39, 0.29) is 6.10 Å². The second-order valence-corrected chi connectivity index (χ2v) is 4.23. The molecule has 0 aliphatic carbocycles. The molecule has 1 unspecified atom stereocenters. The number of aryl methyl sites for hydroxylation is 2. The Balaban J connectivity index is 2.03. The van der Waals surface area contributed by atoms with Crippen molar-refractivity contribution in [2.45, 2.75) is 32.8 Å². The lowest BCUT2D eigenvalue weighted by Crippen LogP contribution is -2.28. The summed E-state index contributed by atoms with van der Waals surface area (Å²) in [5, 5.41) is 0. The Labute approximate surface area is 91.2 Å². The van der Waals surface area contributed by atoms with E-state index >= 15 is 0 Å². The molecule has 1 aromatic rings. The standard InChI is InChI=1S/C13H18O2/c1-10-5-6-13(11(2)8-10)15-12-4-3-7-14-9-12/h5-6,8,12H,3-4,7,9H2,1-2H3. The SMILES string of the molecule is Cc1ccc(OC2CCCOC2)c(C)c1. The molecule has 0 aromatic heterocycles. The van der Waals surface area contributed by atoms with Crippen molar-refractivity contribution in [3.05, 3.63) is 29.3 Å². The molecule has 1 aromatic carbocycles. The molecule has 0 saturated carbocycles. The van der Waals surface area contributed by atoms with Gasteiger partial charge in [0, 0.05) is 6.61 Å². The highest BCUT2D eigenvalue weighted by Crippen LogP contribution is 2.22. The predicted octanol–water partition coefficient (Wildman–Crippen LogP) is 2.86. The number of hydrogen-bond acceptors (Lipinski definition) is 2. The highest BCUT2D eigenvalue weighted by molar-refractivity contribution is 5.35. The predicted molar refractivity (Wildman–Crippen MR) is 60.4 cm³/mol. The Morgan fingerprint density at radius 3 is 2.87 bits per heavy atom. The summed E-state index contributed by atoms with van der Waals surface area (Å²) in [7, 11) is 0. The van der Waals surface area contributed by atoms with E-state index in [0.717, 1.165) is 31.8 Å². The Bertz CT molecular complexity index is 327. The van der Waals surface area contributed by atoms with Gasteiger partial charge >= 0.3 is 0 Å². The summed E-state index contributed by atoms with van der Waals surface area (Å²) in [5.74, 6) is 0.996. The molecule has 1 atom stereocenters. The van der Waals surface area contributed by atoms with Crippen LogP contribution < -0.4 is 4.74 Å². The summed E-state index contributed by atoms with van der Waals surface area (Å²) < 4.78 is 11.3. The minimum Gasteiger partial charge on any atom is -0.488 e. The van der Waals surface area contributed by atoms with E-state index in [1.165, 1.54) is 11.1 Å². The van der Waals surface area contributed by atoms with Gasteiger partial charge in [-0.1, -0.05) is 17.7 Å². The Morgan fingerprint density at radius 1 is 1.33 bits per heavy atom. The molecule has 15 heavy (non-hydrogen) atoms. The van der Waals surface area contributed by atoms with E-state index in [4.69, 9.17) is 9.47 Å². The summed E-state index contributed by atoms with van der Waals surface area (Å²) in [5.41, 5.74) is 2.49. The van der Waals surface area contributed by atoms with Gasteiger partial charge in [0.1, 0.15) is 11.9 Å². The molecule has 82 valence electrons. The largest absolute Gasteiger partial charge is 0.488 e. The number of rotatable bonds is 2. The summed E-state index contributed by atoms with van der Waals surface area (Å²) >= 11 is 0. The van der Waals surface area contributed by atoms with E-state index in [9.17, 15) is 0 Å². The highest BCUT2D eigenvalue weighted by Gasteiger charge is 2.15. The van der Waals surface area contributed by atoms with Crippen LogP contribution in [0.5, 0.6) is 5.75 Å². The van der Waals surface area contributed by atoms with Crippen LogP contribution in [0, 0.1) is 13.8 Å². The van der Waals surface area contributed by atoms with Crippen molar-refractivity contribution in [2.24, 2.45) is 0 Å². The third-order valence-electron chi connectivity index (χ3n) is 2.74. The summed E-state index contributed by atoms with van der Waals surface area (Å²) in [6.07, 6.45) is 2.45. The number of hydrogen-bond donors (Lipinski definition) is 0. The first kappa shape index (κ1) is 10.5. The Morgan fingerprint density at radius 2 is 2.20 bits per heavy atom. The minimum absolute atomic E-state index is 0.236. The molecule has 1 aliphatic heterocycles. The quantitative estimate of drug-likeness (QED) is 0.740. The maximum Gasteiger partial charge on any atom is 0.122 e. The van der Waals surface area contributed by atoms with Crippen LogP contribution in [0.1, 0.15) is 24.0 Å². The zero-order valence-electron chi connectivity index (χ0n) is 9.45. The van der Waals surface area contributed by atoms with Crippen LogP contribution in [-0.2, 0) is 4.74 Å². The lowest BCUT2D eigenvalue weighted by Gasteiger charge is -2.24.